The van der Waals surface area contributed by atoms with Gasteiger partial charge in [-0.15, -0.1) is 0 Å². The third-order valence-electron chi connectivity index (χ3n) is 6.52. The molecule has 2 aromatic carbocycles. The van der Waals surface area contributed by atoms with Gasteiger partial charge in [0.25, 0.3) is 11.5 Å². The van der Waals surface area contributed by atoms with Crippen LogP contribution in [0.25, 0.3) is 22.2 Å². The molecule has 1 saturated heterocycles. The summed E-state index contributed by atoms with van der Waals surface area (Å²) >= 11 is 0. The van der Waals surface area contributed by atoms with Gasteiger partial charge in [0.1, 0.15) is 17.2 Å². The molecule has 9 heteroatoms. The van der Waals surface area contributed by atoms with Gasteiger partial charge in [0.15, 0.2) is 0 Å². The van der Waals surface area contributed by atoms with Gasteiger partial charge < -0.3 is 20.5 Å². The zero-order chi connectivity index (χ0) is 25.2. The van der Waals surface area contributed by atoms with Crippen LogP contribution >= 0.6 is 0 Å². The Labute approximate surface area is 207 Å². The molecule has 5 rings (SSSR count). The Hall–Kier alpha value is -4.11. The van der Waals surface area contributed by atoms with Gasteiger partial charge in [-0.3, -0.25) is 14.6 Å². The number of hydrogen-bond donors (Lipinski definition) is 3. The summed E-state index contributed by atoms with van der Waals surface area (Å²) in [5.74, 6) is -0.566. The molecule has 36 heavy (non-hydrogen) atoms. The van der Waals surface area contributed by atoms with Gasteiger partial charge >= 0.3 is 0 Å². The number of piperazine rings is 1. The van der Waals surface area contributed by atoms with Crippen molar-refractivity contribution in [3.8, 4) is 11.1 Å². The molecule has 1 unspecified atom stereocenters. The first-order chi connectivity index (χ1) is 17.4. The Morgan fingerprint density at radius 1 is 1.22 bits per heavy atom. The number of carbonyl (C=O) groups excluding carboxylic acids is 1. The van der Waals surface area contributed by atoms with Crippen molar-refractivity contribution in [1.82, 2.24) is 25.6 Å². The van der Waals surface area contributed by atoms with Crippen LogP contribution in [0.3, 0.4) is 0 Å². The van der Waals surface area contributed by atoms with Crippen molar-refractivity contribution in [3.63, 3.8) is 0 Å². The fourth-order valence-corrected chi connectivity index (χ4v) is 4.74. The van der Waals surface area contributed by atoms with Gasteiger partial charge in [0.05, 0.1) is 11.0 Å². The minimum absolute atomic E-state index is 0.0848. The van der Waals surface area contributed by atoms with Crippen molar-refractivity contribution in [1.29, 1.82) is 0 Å². The van der Waals surface area contributed by atoms with E-state index in [1.54, 1.807) is 32.3 Å². The first kappa shape index (κ1) is 23.6. The third kappa shape index (κ3) is 4.70. The average molecular weight is 487 g/mol. The molecule has 1 aliphatic heterocycles. The summed E-state index contributed by atoms with van der Waals surface area (Å²) in [6.07, 6.45) is 2.31. The predicted molar refractivity (Wildman–Crippen MR) is 138 cm³/mol. The largest absolute Gasteiger partial charge is 0.366 e. The van der Waals surface area contributed by atoms with E-state index in [9.17, 15) is 14.0 Å². The van der Waals surface area contributed by atoms with Gasteiger partial charge in [-0.05, 0) is 60.9 Å². The number of carbonyl (C=O) groups is 1. The molecule has 3 heterocycles. The monoisotopic (exact) mass is 486 g/mol. The summed E-state index contributed by atoms with van der Waals surface area (Å²) in [4.78, 5) is 38.4. The van der Waals surface area contributed by atoms with Gasteiger partial charge in [-0.2, -0.15) is 0 Å². The lowest BCUT2D eigenvalue weighted by Crippen LogP contribution is -2.52. The molecule has 8 nitrogen and oxygen atoms in total. The molecular formula is C27H27FN6O2. The summed E-state index contributed by atoms with van der Waals surface area (Å²) < 4.78 is 14.1. The molecule has 0 radical (unpaired) electrons. The van der Waals surface area contributed by atoms with E-state index in [4.69, 9.17) is 0 Å². The Bertz CT molecular complexity index is 1500. The number of amides is 1. The van der Waals surface area contributed by atoms with Crippen molar-refractivity contribution in [2.24, 2.45) is 0 Å². The minimum atomic E-state index is -0.334. The number of aromatic nitrogens is 3. The van der Waals surface area contributed by atoms with Gasteiger partial charge in [-0.1, -0.05) is 12.1 Å². The van der Waals surface area contributed by atoms with E-state index in [0.29, 0.717) is 34.4 Å². The highest BCUT2D eigenvalue weighted by molar-refractivity contribution is 5.93. The summed E-state index contributed by atoms with van der Waals surface area (Å²) in [7, 11) is 1.58. The van der Waals surface area contributed by atoms with Crippen LogP contribution in [0.15, 0.2) is 59.5 Å². The Morgan fingerprint density at radius 2 is 2.08 bits per heavy atom. The van der Waals surface area contributed by atoms with E-state index >= 15 is 0 Å². The summed E-state index contributed by atoms with van der Waals surface area (Å²) in [5.41, 5.74) is 5.10. The van der Waals surface area contributed by atoms with E-state index in [2.05, 4.69) is 30.5 Å². The van der Waals surface area contributed by atoms with Crippen molar-refractivity contribution >= 4 is 22.6 Å². The normalized spacial score (nSPS) is 15.8. The van der Waals surface area contributed by atoms with Gasteiger partial charge in [-0.25, -0.2) is 9.37 Å². The number of pyridine rings is 1. The summed E-state index contributed by atoms with van der Waals surface area (Å²) in [6.45, 7) is 3.99. The first-order valence-corrected chi connectivity index (χ1v) is 11.9. The second kappa shape index (κ2) is 9.87. The number of aromatic amines is 1. The molecule has 1 amide bonds. The second-order valence-corrected chi connectivity index (χ2v) is 8.94. The Kier molecular flexibility index (Phi) is 6.47. The van der Waals surface area contributed by atoms with Crippen molar-refractivity contribution in [3.05, 3.63) is 87.9 Å². The third-order valence-corrected chi connectivity index (χ3v) is 6.52. The van der Waals surface area contributed by atoms with Crippen LogP contribution in [0.2, 0.25) is 0 Å². The lowest BCUT2D eigenvalue weighted by molar-refractivity contribution is 0.0958. The molecule has 0 bridgehead atoms. The molecule has 0 aliphatic carbocycles. The number of aryl methyl sites for hydroxylation is 1. The highest BCUT2D eigenvalue weighted by Gasteiger charge is 2.24. The summed E-state index contributed by atoms with van der Waals surface area (Å²) in [6, 6.07) is 14.2. The van der Waals surface area contributed by atoms with E-state index in [1.165, 1.54) is 12.1 Å². The van der Waals surface area contributed by atoms with E-state index in [1.807, 2.05) is 24.3 Å². The Balaban J connectivity index is 1.56. The van der Waals surface area contributed by atoms with Crippen molar-refractivity contribution in [2.45, 2.75) is 19.4 Å². The van der Waals surface area contributed by atoms with Crippen LogP contribution in [0.4, 0.5) is 10.1 Å². The van der Waals surface area contributed by atoms with Crippen LogP contribution in [0, 0.1) is 12.7 Å². The first-order valence-electron chi connectivity index (χ1n) is 11.9. The second-order valence-electron chi connectivity index (χ2n) is 8.94. The lowest BCUT2D eigenvalue weighted by Gasteiger charge is -2.38. The van der Waals surface area contributed by atoms with Crippen LogP contribution in [0.1, 0.15) is 21.7 Å². The topological polar surface area (TPSA) is 103 Å². The molecule has 3 N–H and O–H groups in total. The number of nitrogens with one attached hydrogen (secondary N) is 3. The number of hydrogen-bond acceptors (Lipinski definition) is 6. The van der Waals surface area contributed by atoms with Crippen molar-refractivity contribution < 1.29 is 9.18 Å². The number of rotatable bonds is 5. The Morgan fingerprint density at radius 3 is 2.89 bits per heavy atom. The standard InChI is InChI=1S/C27H27FN6O2/c1-16-26(35)33-23-12-17(11-22(25(23)32-16)18-4-3-5-19(28)13-18)10-21-15-30-8-9-34(21)20-6-7-31-24(14-20)27(36)29-2/h3-7,11-14,21,30H,8-10,15H2,1-2H3,(H,29,36)(H,33,35). The number of nitrogens with zero attached hydrogens (tertiary/aromatic N) is 3. The SMILES string of the molecule is CNC(=O)c1cc(N2CCNCC2Cc2cc(-c3cccc(F)c3)c3nc(C)c(=O)[nH]c3c2)ccn1. The van der Waals surface area contributed by atoms with Crippen LogP contribution in [0.5, 0.6) is 0 Å². The van der Waals surface area contributed by atoms with Crippen molar-refractivity contribution in [2.75, 3.05) is 31.6 Å². The fraction of sp³-hybridized carbons (Fsp3) is 0.259. The highest BCUT2D eigenvalue weighted by atomic mass is 19.1. The lowest BCUT2D eigenvalue weighted by atomic mass is 9.96. The van der Waals surface area contributed by atoms with Gasteiger partial charge in [0.2, 0.25) is 0 Å². The number of H-pyrrole nitrogens is 1. The van der Waals surface area contributed by atoms with Gasteiger partial charge in [0, 0.05) is 50.2 Å². The van der Waals surface area contributed by atoms with Crippen LogP contribution < -0.4 is 21.1 Å². The molecule has 1 atom stereocenters. The highest BCUT2D eigenvalue weighted by Crippen LogP contribution is 2.30. The fourth-order valence-electron chi connectivity index (χ4n) is 4.74. The minimum Gasteiger partial charge on any atom is -0.366 e. The number of halogens is 1. The molecule has 184 valence electrons. The molecule has 2 aromatic heterocycles. The maximum atomic E-state index is 14.1. The zero-order valence-electron chi connectivity index (χ0n) is 20.1. The van der Waals surface area contributed by atoms with E-state index in [0.717, 1.165) is 36.4 Å². The molecule has 0 spiro atoms. The number of benzene rings is 2. The van der Waals surface area contributed by atoms with E-state index < -0.39 is 0 Å². The molecule has 0 saturated carbocycles. The molecule has 1 fully saturated rings. The molecular weight excluding hydrogens is 459 g/mol. The molecule has 1 aliphatic rings. The summed E-state index contributed by atoms with van der Waals surface area (Å²) in [5, 5.41) is 6.07. The number of anilines is 1. The van der Waals surface area contributed by atoms with Crippen LogP contribution in [-0.2, 0) is 6.42 Å². The predicted octanol–water partition coefficient (Wildman–Crippen LogP) is 2.81. The molecule has 4 aromatic rings. The number of fused-ring (bicyclic) bond motifs is 1. The zero-order valence-corrected chi connectivity index (χ0v) is 20.1. The maximum Gasteiger partial charge on any atom is 0.269 e. The smallest absolute Gasteiger partial charge is 0.269 e. The van der Waals surface area contributed by atoms with E-state index in [-0.39, 0.29) is 23.3 Å². The average Bonchev–Trinajstić information content (AvgIpc) is 2.89. The quantitative estimate of drug-likeness (QED) is 0.401. The maximum absolute atomic E-state index is 14.1. The van der Waals surface area contributed by atoms with Crippen LogP contribution in [-0.4, -0.2) is 53.6 Å².